The van der Waals surface area contributed by atoms with Gasteiger partial charge in [0.15, 0.2) is 11.6 Å². The molecule has 0 radical (unpaired) electrons. The summed E-state index contributed by atoms with van der Waals surface area (Å²) in [5.41, 5.74) is 29.7. The standard InChI is InChI=1S/2C23H28O.C15H22.C14H21N.2C8H18O2.C8H10.C7H8.ClH.2Na.2H2O/c2*1-16-6-9-18(10-7-16)21(24)15-17-8-11-19-20(14-17)23(4,5)13-12-22(19,2)3;1-11-6-7-12-13(10-11)15(4,5)9-8-14(12,2)3;1-13(2)7-8-14(3,4)12-9-10(15)5-6-11(12)13;2*1-7(2,9)5-6-8(3,4)10;1-7-3-5-8(2)6-4-7;1-7-5-3-2-4-6-7;;;;;/h2*6-11,14H,12-13,15H2,1-5H3;6-7,10H,8-9H2,1-5H3;5-6,9H,7-8,15H2,1-4H3;2*9-10H,5-6H2,1-4H3;3-6H,1-2H3;2-6H,1H3;1H;;;2*1H2/q;;;;;;;;;2*+1;;/p-2. The molecule has 642 valence electrons. The molecule has 0 aromatic heterocycles. The minimum atomic E-state index is -0.653. The van der Waals surface area contributed by atoms with Crippen LogP contribution >= 0.6 is 12.4 Å². The van der Waals surface area contributed by atoms with Crippen LogP contribution in [0.2, 0.25) is 0 Å². The summed E-state index contributed by atoms with van der Waals surface area (Å²) in [6, 6.07) is 61.3. The number of nitrogen functional groups attached to an aromatic ring is 1. The van der Waals surface area contributed by atoms with Crippen molar-refractivity contribution >= 4 is 29.7 Å². The van der Waals surface area contributed by atoms with E-state index in [1.807, 2.05) is 86.6 Å². The largest absolute Gasteiger partial charge is 1.00 e. The normalized spacial score (nSPS) is 16.5. The van der Waals surface area contributed by atoms with Crippen LogP contribution < -0.4 is 64.8 Å². The van der Waals surface area contributed by atoms with Gasteiger partial charge in [-0.2, -0.15) is 0 Å². The summed E-state index contributed by atoms with van der Waals surface area (Å²) in [4.78, 5) is 25.2. The van der Waals surface area contributed by atoms with E-state index in [0.717, 1.165) is 27.9 Å². The number of ketones is 2. The Morgan fingerprint density at radius 2 is 0.492 bits per heavy atom. The van der Waals surface area contributed by atoms with Gasteiger partial charge in [-0.25, -0.2) is 0 Å². The Bertz CT molecular complexity index is 4080. The number of rotatable bonds is 12. The first-order valence-electron chi connectivity index (χ1n) is 42.1. The molecular formula is C106H156ClNNa2O8. The summed E-state index contributed by atoms with van der Waals surface area (Å²) in [6.45, 7) is 64.0. The number of anilines is 1. The van der Waals surface area contributed by atoms with Crippen LogP contribution in [0.3, 0.4) is 0 Å². The monoisotopic (exact) mass is 1650 g/mol. The van der Waals surface area contributed by atoms with E-state index in [2.05, 4.69) is 242 Å². The van der Waals surface area contributed by atoms with Gasteiger partial charge < -0.3 is 37.1 Å². The first-order chi connectivity index (χ1) is 51.6. The molecule has 4 aliphatic rings. The van der Waals surface area contributed by atoms with Crippen LogP contribution in [0.1, 0.15) is 353 Å². The van der Waals surface area contributed by atoms with Gasteiger partial charge in [0.1, 0.15) is 0 Å². The topological polar surface area (TPSA) is 201 Å². The first kappa shape index (κ1) is 113. The van der Waals surface area contributed by atoms with E-state index in [-0.39, 0.29) is 121 Å². The first-order valence-corrected chi connectivity index (χ1v) is 42.1. The number of aliphatic hydroxyl groups is 4. The van der Waals surface area contributed by atoms with Crippen molar-refractivity contribution in [2.75, 3.05) is 5.73 Å². The molecular weight excluding hydrogens is 1500 g/mol. The van der Waals surface area contributed by atoms with Gasteiger partial charge in [0.25, 0.3) is 0 Å². The van der Waals surface area contributed by atoms with Crippen molar-refractivity contribution in [3.8, 4) is 0 Å². The van der Waals surface area contributed by atoms with Crippen molar-refractivity contribution in [3.63, 3.8) is 0 Å². The van der Waals surface area contributed by atoms with Crippen LogP contribution in [0.4, 0.5) is 5.69 Å². The van der Waals surface area contributed by atoms with Crippen LogP contribution in [-0.4, -0.2) is 65.3 Å². The molecule has 0 saturated heterocycles. The molecule has 4 aliphatic carbocycles. The van der Waals surface area contributed by atoms with E-state index in [9.17, 15) is 30.0 Å². The zero-order valence-electron chi connectivity index (χ0n) is 79.6. The molecule has 8 aromatic carbocycles. The molecule has 0 fully saturated rings. The van der Waals surface area contributed by atoms with E-state index in [0.29, 0.717) is 54.8 Å². The van der Waals surface area contributed by atoms with Gasteiger partial charge >= 0.3 is 59.1 Å². The molecule has 12 rings (SSSR count). The zero-order chi connectivity index (χ0) is 85.5. The Morgan fingerprint density at radius 1 is 0.288 bits per heavy atom. The van der Waals surface area contributed by atoms with Gasteiger partial charge in [0.05, 0.1) is 22.4 Å². The van der Waals surface area contributed by atoms with Crippen LogP contribution in [0.25, 0.3) is 0 Å². The van der Waals surface area contributed by atoms with Gasteiger partial charge in [-0.3, -0.25) is 9.59 Å². The molecule has 0 amide bonds. The third-order valence-electron chi connectivity index (χ3n) is 24.1. The fraction of sp³-hybridized carbons (Fsp3) is 0.528. The van der Waals surface area contributed by atoms with Crippen LogP contribution in [0.5, 0.6) is 0 Å². The summed E-state index contributed by atoms with van der Waals surface area (Å²) in [5, 5.41) is 37.1. The van der Waals surface area contributed by atoms with E-state index < -0.39 is 22.4 Å². The molecule has 9 nitrogen and oxygen atoms in total. The SMILES string of the molecule is CC(C)(O)CCC(C)(C)O.CC(C)(O)CCC(C)(C)O.CC1(C)CCC(C)(C)c2cc(N)ccc21.Cc1ccc(C(=O)Cc2ccc3c(c2)C(C)(C)CCC3(C)C)cc1.Cc1ccc(C(=O)Cc2ccc3c(c2)C(C)(C)CCC3(C)C)cc1.Cc1ccc(C)cc1.Cc1ccc2c(c1)C(C)(C)CCC2(C)C.Cc1ccccc1.Cl.[Na+].[Na+].[OH-].[OH-]. The fourth-order valence-electron chi connectivity index (χ4n) is 15.2. The molecule has 0 spiro atoms. The summed E-state index contributed by atoms with van der Waals surface area (Å²) < 4.78 is 0. The predicted molar refractivity (Wildman–Crippen MR) is 496 cm³/mol. The molecule has 0 unspecified atom stereocenters. The third kappa shape index (κ3) is 36.8. The van der Waals surface area contributed by atoms with Crippen LogP contribution in [0.15, 0.2) is 176 Å². The van der Waals surface area contributed by atoms with Gasteiger partial charge in [0, 0.05) is 29.7 Å². The van der Waals surface area contributed by atoms with Gasteiger partial charge in [-0.05, 0) is 285 Å². The van der Waals surface area contributed by atoms with Crippen molar-refractivity contribution in [1.29, 1.82) is 0 Å². The van der Waals surface area contributed by atoms with E-state index in [4.69, 9.17) is 5.73 Å². The van der Waals surface area contributed by atoms with Crippen molar-refractivity contribution < 1.29 is 100 Å². The Hall–Kier alpha value is -5.05. The second kappa shape index (κ2) is 46.1. The number of nitrogens with two attached hydrogens (primary N) is 1. The van der Waals surface area contributed by atoms with E-state index in [1.165, 1.54) is 118 Å². The van der Waals surface area contributed by atoms with Crippen molar-refractivity contribution in [1.82, 2.24) is 0 Å². The van der Waals surface area contributed by atoms with Gasteiger partial charge in [-0.15, -0.1) is 12.4 Å². The Labute approximate surface area is 768 Å². The quantitative estimate of drug-likeness (QED) is 0.0448. The Balaban J connectivity index is 0.00000136. The minimum absolute atomic E-state index is 0. The predicted octanol–water partition coefficient (Wildman–Crippen LogP) is 20.5. The molecule has 0 saturated carbocycles. The third-order valence-corrected chi connectivity index (χ3v) is 24.1. The number of hydrogen-bond donors (Lipinski definition) is 5. The summed E-state index contributed by atoms with van der Waals surface area (Å²) >= 11 is 0. The van der Waals surface area contributed by atoms with Crippen molar-refractivity contribution in [3.05, 3.63) is 276 Å². The second-order valence-corrected chi connectivity index (χ2v) is 41.7. The van der Waals surface area contributed by atoms with Gasteiger partial charge in [-0.1, -0.05) is 308 Å². The zero-order valence-corrected chi connectivity index (χ0v) is 84.4. The molecule has 8 N–H and O–H groups in total. The average molecular weight is 1650 g/mol. The number of aryl methyl sites for hydroxylation is 6. The molecule has 0 bridgehead atoms. The number of benzene rings is 8. The second-order valence-electron chi connectivity index (χ2n) is 41.7. The molecule has 0 heterocycles. The van der Waals surface area contributed by atoms with Gasteiger partial charge in [0.2, 0.25) is 0 Å². The Morgan fingerprint density at radius 3 is 0.737 bits per heavy atom. The molecule has 0 aliphatic heterocycles. The maximum atomic E-state index is 12.6. The molecule has 8 aromatic rings. The maximum Gasteiger partial charge on any atom is 1.00 e. The van der Waals surface area contributed by atoms with Crippen molar-refractivity contribution in [2.45, 2.75) is 363 Å². The van der Waals surface area contributed by atoms with E-state index >= 15 is 0 Å². The maximum absolute atomic E-state index is 12.6. The minimum Gasteiger partial charge on any atom is -0.870 e. The average Bonchev–Trinajstić information content (AvgIpc) is 0.770. The van der Waals surface area contributed by atoms with Crippen molar-refractivity contribution in [2.24, 2.45) is 0 Å². The molecule has 118 heavy (non-hydrogen) atoms. The number of fused-ring (bicyclic) bond motifs is 4. The molecule has 12 heteroatoms. The summed E-state index contributed by atoms with van der Waals surface area (Å²) in [7, 11) is 0. The smallest absolute Gasteiger partial charge is 0.870 e. The molecule has 0 atom stereocenters. The Kier molecular flexibility index (Phi) is 44.1. The van der Waals surface area contributed by atoms with E-state index in [1.54, 1.807) is 66.5 Å². The fourth-order valence-corrected chi connectivity index (χ4v) is 15.2. The van der Waals surface area contributed by atoms with Crippen LogP contribution in [0, 0.1) is 41.5 Å². The number of carbonyl (C=O) groups is 2. The number of Topliss-reactive ketones (excluding diaryl/α,β-unsaturated/α-hetero) is 2. The number of hydrogen-bond acceptors (Lipinski definition) is 9. The number of halogens is 1. The van der Waals surface area contributed by atoms with Crippen LogP contribution in [-0.2, 0) is 56.2 Å². The number of carbonyl (C=O) groups excluding carboxylic acids is 2. The summed E-state index contributed by atoms with van der Waals surface area (Å²) in [5.74, 6) is 0.394. The summed E-state index contributed by atoms with van der Waals surface area (Å²) in [6.07, 6.45) is 13.4.